The molecule has 20 heavy (non-hydrogen) atoms. The summed E-state index contributed by atoms with van der Waals surface area (Å²) >= 11 is 11.9. The fourth-order valence-electron chi connectivity index (χ4n) is 1.79. The molecule has 0 saturated carbocycles. The Morgan fingerprint density at radius 2 is 1.95 bits per heavy atom. The molecule has 112 valence electrons. The van der Waals surface area contributed by atoms with Gasteiger partial charge in [-0.25, -0.2) is 4.79 Å². The third-order valence-corrected chi connectivity index (χ3v) is 4.17. The normalized spacial score (nSPS) is 15.2. The van der Waals surface area contributed by atoms with Gasteiger partial charge in [0, 0.05) is 38.9 Å². The Kier molecular flexibility index (Phi) is 6.79. The van der Waals surface area contributed by atoms with Gasteiger partial charge < -0.3 is 10.6 Å². The van der Waals surface area contributed by atoms with Crippen LogP contribution in [-0.4, -0.2) is 28.3 Å². The lowest BCUT2D eigenvalue weighted by atomic mass is 10.1. The molecule has 1 aromatic rings. The van der Waals surface area contributed by atoms with E-state index in [2.05, 4.69) is 10.6 Å². The van der Waals surface area contributed by atoms with E-state index in [0.717, 1.165) is 5.56 Å². The average Bonchev–Trinajstić information content (AvgIpc) is 2.26. The quantitative estimate of drug-likeness (QED) is 0.867. The monoisotopic (exact) mass is 336 g/mol. The summed E-state index contributed by atoms with van der Waals surface area (Å²) in [5.41, 5.74) is 0.790. The van der Waals surface area contributed by atoms with Gasteiger partial charge in [0.1, 0.15) is 0 Å². The van der Waals surface area contributed by atoms with Gasteiger partial charge in [-0.1, -0.05) is 29.3 Å². The van der Waals surface area contributed by atoms with E-state index in [-0.39, 0.29) is 18.1 Å². The van der Waals surface area contributed by atoms with Gasteiger partial charge in [0.25, 0.3) is 0 Å². The first-order valence-electron chi connectivity index (χ1n) is 6.11. The number of carbonyl (C=O) groups is 1. The van der Waals surface area contributed by atoms with Crippen LogP contribution in [0.4, 0.5) is 4.79 Å². The lowest BCUT2D eigenvalue weighted by molar-refractivity contribution is 0.235. The summed E-state index contributed by atoms with van der Waals surface area (Å²) in [6.45, 7) is 3.64. The molecular weight excluding hydrogens is 319 g/mol. The van der Waals surface area contributed by atoms with Gasteiger partial charge in [-0.3, -0.25) is 4.21 Å². The molecule has 1 aromatic carbocycles. The third-order valence-electron chi connectivity index (χ3n) is 2.64. The molecule has 3 atom stereocenters. The van der Waals surface area contributed by atoms with Crippen LogP contribution in [-0.2, 0) is 10.8 Å². The highest BCUT2D eigenvalue weighted by Crippen LogP contribution is 2.25. The first-order valence-corrected chi connectivity index (χ1v) is 8.60. The fraction of sp³-hybridized carbons (Fsp3) is 0.462. The highest BCUT2D eigenvalue weighted by atomic mass is 35.5. The molecule has 0 bridgehead atoms. The lowest BCUT2D eigenvalue weighted by Crippen LogP contribution is -2.43. The number of hydrogen-bond acceptors (Lipinski definition) is 2. The molecule has 0 aromatic heterocycles. The van der Waals surface area contributed by atoms with E-state index in [1.54, 1.807) is 31.4 Å². The predicted molar refractivity (Wildman–Crippen MR) is 84.9 cm³/mol. The molecule has 0 aliphatic heterocycles. The van der Waals surface area contributed by atoms with E-state index in [0.29, 0.717) is 15.8 Å². The molecule has 0 fully saturated rings. The minimum atomic E-state index is -0.945. The number of benzene rings is 1. The third kappa shape index (κ3) is 5.69. The van der Waals surface area contributed by atoms with Crippen molar-refractivity contribution in [1.29, 1.82) is 0 Å². The fourth-order valence-corrected chi connectivity index (χ4v) is 3.15. The Morgan fingerprint density at radius 3 is 2.50 bits per heavy atom. The lowest BCUT2D eigenvalue weighted by Gasteiger charge is -2.19. The van der Waals surface area contributed by atoms with Crippen molar-refractivity contribution in [2.75, 3.05) is 12.0 Å². The molecule has 0 heterocycles. The second-order valence-electron chi connectivity index (χ2n) is 4.65. The van der Waals surface area contributed by atoms with Crippen LogP contribution in [0.2, 0.25) is 10.0 Å². The summed E-state index contributed by atoms with van der Waals surface area (Å²) in [6.07, 6.45) is 1.60. The summed E-state index contributed by atoms with van der Waals surface area (Å²) in [5, 5.41) is 6.57. The van der Waals surface area contributed by atoms with Crippen LogP contribution < -0.4 is 10.6 Å². The minimum absolute atomic E-state index is 0.159. The van der Waals surface area contributed by atoms with Crippen molar-refractivity contribution in [3.8, 4) is 0 Å². The van der Waals surface area contributed by atoms with E-state index in [4.69, 9.17) is 23.2 Å². The van der Waals surface area contributed by atoms with Crippen LogP contribution in [0.5, 0.6) is 0 Å². The summed E-state index contributed by atoms with van der Waals surface area (Å²) < 4.78 is 11.1. The second kappa shape index (κ2) is 7.86. The molecule has 0 aliphatic carbocycles. The van der Waals surface area contributed by atoms with Crippen molar-refractivity contribution >= 4 is 40.0 Å². The molecule has 0 spiro atoms. The van der Waals surface area contributed by atoms with Crippen LogP contribution in [0, 0.1) is 0 Å². The van der Waals surface area contributed by atoms with E-state index in [1.807, 2.05) is 6.92 Å². The number of halogens is 2. The average molecular weight is 337 g/mol. The Labute approximate surface area is 131 Å². The van der Waals surface area contributed by atoms with E-state index < -0.39 is 10.8 Å². The largest absolute Gasteiger partial charge is 0.335 e. The molecule has 0 unspecified atom stereocenters. The zero-order chi connectivity index (χ0) is 15.3. The maximum Gasteiger partial charge on any atom is 0.315 e. The molecule has 4 nitrogen and oxygen atoms in total. The summed E-state index contributed by atoms with van der Waals surface area (Å²) in [5.74, 6) is 0.420. The molecule has 0 saturated heterocycles. The van der Waals surface area contributed by atoms with E-state index in [1.165, 1.54) is 0 Å². The van der Waals surface area contributed by atoms with Crippen molar-refractivity contribution in [1.82, 2.24) is 10.6 Å². The van der Waals surface area contributed by atoms with Crippen molar-refractivity contribution in [2.45, 2.75) is 25.9 Å². The standard InChI is InChI=1S/C13H18Cl2N2O2S/c1-8(7-20(3)19)16-13(18)17-9(2)11-5-4-10(14)6-12(11)15/h4-6,8-9H,7H2,1-3H3,(H2,16,17,18)/t8-,9+,20-/m1/s1. The minimum Gasteiger partial charge on any atom is -0.335 e. The first kappa shape index (κ1) is 17.3. The Morgan fingerprint density at radius 1 is 1.30 bits per heavy atom. The Bertz CT molecular complexity index is 511. The Hall–Kier alpha value is -0.780. The number of rotatable bonds is 5. The van der Waals surface area contributed by atoms with Gasteiger partial charge in [-0.15, -0.1) is 0 Å². The van der Waals surface area contributed by atoms with Gasteiger partial charge in [-0.2, -0.15) is 0 Å². The van der Waals surface area contributed by atoms with Gasteiger partial charge in [-0.05, 0) is 31.5 Å². The van der Waals surface area contributed by atoms with Crippen LogP contribution in [0.3, 0.4) is 0 Å². The Balaban J connectivity index is 2.59. The number of hydrogen-bond donors (Lipinski definition) is 2. The molecular formula is C13H18Cl2N2O2S. The highest BCUT2D eigenvalue weighted by Gasteiger charge is 2.14. The van der Waals surface area contributed by atoms with Crippen LogP contribution in [0.1, 0.15) is 25.5 Å². The highest BCUT2D eigenvalue weighted by molar-refractivity contribution is 7.84. The van der Waals surface area contributed by atoms with Crippen LogP contribution >= 0.6 is 23.2 Å². The molecule has 0 aliphatic rings. The van der Waals surface area contributed by atoms with Gasteiger partial charge in [0.2, 0.25) is 0 Å². The smallest absolute Gasteiger partial charge is 0.315 e. The zero-order valence-electron chi connectivity index (χ0n) is 11.6. The van der Waals surface area contributed by atoms with Gasteiger partial charge in [0.05, 0.1) is 6.04 Å². The first-order chi connectivity index (χ1) is 9.29. The SMILES string of the molecule is C[C@H](C[S@@](C)=O)NC(=O)N[C@@H](C)c1ccc(Cl)cc1Cl. The molecule has 1 rings (SSSR count). The van der Waals surface area contributed by atoms with Gasteiger partial charge >= 0.3 is 6.03 Å². The molecule has 2 amide bonds. The van der Waals surface area contributed by atoms with Crippen LogP contribution in [0.15, 0.2) is 18.2 Å². The summed E-state index contributed by atoms with van der Waals surface area (Å²) in [6, 6.07) is 4.41. The topological polar surface area (TPSA) is 58.2 Å². The number of carbonyl (C=O) groups excluding carboxylic acids is 1. The van der Waals surface area contributed by atoms with Gasteiger partial charge in [0.15, 0.2) is 0 Å². The number of urea groups is 1. The van der Waals surface area contributed by atoms with Crippen molar-refractivity contribution < 1.29 is 9.00 Å². The number of nitrogens with one attached hydrogen (secondary N) is 2. The molecule has 0 radical (unpaired) electrons. The van der Waals surface area contributed by atoms with E-state index in [9.17, 15) is 9.00 Å². The maximum absolute atomic E-state index is 11.8. The van der Waals surface area contributed by atoms with E-state index >= 15 is 0 Å². The van der Waals surface area contributed by atoms with Crippen molar-refractivity contribution in [2.24, 2.45) is 0 Å². The second-order valence-corrected chi connectivity index (χ2v) is 6.97. The van der Waals surface area contributed by atoms with Crippen LogP contribution in [0.25, 0.3) is 0 Å². The van der Waals surface area contributed by atoms with Crippen molar-refractivity contribution in [3.05, 3.63) is 33.8 Å². The summed E-state index contributed by atoms with van der Waals surface area (Å²) in [7, 11) is -0.945. The summed E-state index contributed by atoms with van der Waals surface area (Å²) in [4.78, 5) is 11.8. The maximum atomic E-state index is 11.8. The van der Waals surface area contributed by atoms with Crippen molar-refractivity contribution in [3.63, 3.8) is 0 Å². The molecule has 2 N–H and O–H groups in total. The molecule has 7 heteroatoms. The zero-order valence-corrected chi connectivity index (χ0v) is 13.9. The number of amides is 2. The predicted octanol–water partition coefficient (Wildman–Crippen LogP) is 3.12.